The number of hydrogen-bond acceptors (Lipinski definition) is 5. The molecule has 11 heteroatoms. The Balaban J connectivity index is 1.64. The average molecular weight is 617 g/mol. The summed E-state index contributed by atoms with van der Waals surface area (Å²) < 4.78 is 26.8. The van der Waals surface area contributed by atoms with E-state index in [-0.39, 0.29) is 42.3 Å². The molecule has 1 aliphatic rings. The second kappa shape index (κ2) is 13.5. The molecule has 0 aromatic heterocycles. The van der Waals surface area contributed by atoms with Crippen molar-refractivity contribution >= 4 is 50.9 Å². The van der Waals surface area contributed by atoms with Gasteiger partial charge in [0.2, 0.25) is 11.8 Å². The van der Waals surface area contributed by atoms with Crippen LogP contribution in [0.4, 0.5) is 0 Å². The Morgan fingerprint density at radius 1 is 0.951 bits per heavy atom. The lowest BCUT2D eigenvalue weighted by Crippen LogP contribution is -2.51. The number of nitrogens with one attached hydrogen (secondary N) is 1. The standard InChI is InChI=1S/C30H31Cl2N3O5S/c1-2-3-16-33-29(37)26(19-21-9-5-4-6-10-21)34(20-22-13-14-24(31)25(32)18-22)28(36)15-17-35-30(38)23-11-7-8-12-27(23)41(35,39)40/h4-14,18,26H,2-3,15-17,19-20H2,1H3,(H,33,37). The van der Waals surface area contributed by atoms with Gasteiger partial charge in [0.25, 0.3) is 15.9 Å². The van der Waals surface area contributed by atoms with E-state index < -0.39 is 27.9 Å². The van der Waals surface area contributed by atoms with Gasteiger partial charge >= 0.3 is 0 Å². The van der Waals surface area contributed by atoms with Crippen molar-refractivity contribution in [2.45, 2.75) is 50.1 Å². The number of sulfonamides is 1. The van der Waals surface area contributed by atoms with Crippen LogP contribution in [0.2, 0.25) is 10.0 Å². The van der Waals surface area contributed by atoms with Crippen LogP contribution in [-0.2, 0) is 32.6 Å². The van der Waals surface area contributed by atoms with Crippen molar-refractivity contribution in [3.05, 3.63) is 99.5 Å². The highest BCUT2D eigenvalue weighted by molar-refractivity contribution is 7.90. The zero-order chi connectivity index (χ0) is 29.6. The minimum atomic E-state index is -4.08. The summed E-state index contributed by atoms with van der Waals surface area (Å²) in [7, 11) is -4.08. The molecule has 0 bridgehead atoms. The van der Waals surface area contributed by atoms with Crippen LogP contribution in [0.3, 0.4) is 0 Å². The largest absolute Gasteiger partial charge is 0.354 e. The van der Waals surface area contributed by atoms with Crippen LogP contribution >= 0.6 is 23.2 Å². The number of nitrogens with zero attached hydrogens (tertiary/aromatic N) is 2. The molecule has 1 unspecified atom stereocenters. The van der Waals surface area contributed by atoms with Gasteiger partial charge in [0.1, 0.15) is 10.9 Å². The van der Waals surface area contributed by atoms with E-state index in [1.807, 2.05) is 37.3 Å². The molecular weight excluding hydrogens is 585 g/mol. The molecule has 3 amide bonds. The zero-order valence-electron chi connectivity index (χ0n) is 22.6. The van der Waals surface area contributed by atoms with Gasteiger partial charge in [-0.25, -0.2) is 12.7 Å². The number of carbonyl (C=O) groups excluding carboxylic acids is 3. The predicted molar refractivity (Wildman–Crippen MR) is 158 cm³/mol. The maximum Gasteiger partial charge on any atom is 0.269 e. The van der Waals surface area contributed by atoms with Crippen LogP contribution in [0.25, 0.3) is 0 Å². The Labute approximate surface area is 250 Å². The predicted octanol–water partition coefficient (Wildman–Crippen LogP) is 5.08. The Bertz CT molecular complexity index is 1530. The molecule has 1 aliphatic heterocycles. The molecule has 0 saturated heterocycles. The maximum atomic E-state index is 13.9. The molecule has 0 saturated carbocycles. The fraction of sp³-hybridized carbons (Fsp3) is 0.300. The first-order chi connectivity index (χ1) is 19.6. The van der Waals surface area contributed by atoms with E-state index in [1.54, 1.807) is 30.3 Å². The average Bonchev–Trinajstić information content (AvgIpc) is 3.16. The van der Waals surface area contributed by atoms with Crippen molar-refractivity contribution in [3.8, 4) is 0 Å². The highest BCUT2D eigenvalue weighted by atomic mass is 35.5. The number of amides is 3. The summed E-state index contributed by atoms with van der Waals surface area (Å²) in [5.74, 6) is -1.49. The Hall–Kier alpha value is -3.40. The van der Waals surface area contributed by atoms with E-state index in [0.717, 1.165) is 22.7 Å². The zero-order valence-corrected chi connectivity index (χ0v) is 24.9. The maximum absolute atomic E-state index is 13.9. The van der Waals surface area contributed by atoms with Gasteiger partial charge < -0.3 is 10.2 Å². The van der Waals surface area contributed by atoms with Crippen LogP contribution in [-0.4, -0.2) is 54.5 Å². The Kier molecular flexibility index (Phi) is 10.1. The number of benzene rings is 3. The van der Waals surface area contributed by atoms with Gasteiger partial charge in [0.15, 0.2) is 0 Å². The number of halogens is 2. The second-order valence-corrected chi connectivity index (χ2v) is 12.4. The van der Waals surface area contributed by atoms with Gasteiger partial charge in [0, 0.05) is 32.5 Å². The molecule has 3 aromatic carbocycles. The number of fused-ring (bicyclic) bond motifs is 1. The third-order valence-electron chi connectivity index (χ3n) is 6.88. The first-order valence-corrected chi connectivity index (χ1v) is 15.5. The molecule has 0 fully saturated rings. The fourth-order valence-electron chi connectivity index (χ4n) is 4.69. The lowest BCUT2D eigenvalue weighted by Gasteiger charge is -2.32. The minimum Gasteiger partial charge on any atom is -0.354 e. The first kappa shape index (κ1) is 30.6. The molecule has 1 atom stereocenters. The lowest BCUT2D eigenvalue weighted by atomic mass is 10.0. The van der Waals surface area contributed by atoms with Gasteiger partial charge in [-0.15, -0.1) is 0 Å². The normalized spacial score (nSPS) is 14.4. The Morgan fingerprint density at radius 2 is 1.66 bits per heavy atom. The lowest BCUT2D eigenvalue weighted by molar-refractivity contribution is -0.141. The van der Waals surface area contributed by atoms with Crippen LogP contribution in [0.5, 0.6) is 0 Å². The van der Waals surface area contributed by atoms with E-state index in [0.29, 0.717) is 22.2 Å². The smallest absolute Gasteiger partial charge is 0.269 e. The number of rotatable bonds is 12. The van der Waals surface area contributed by atoms with Gasteiger partial charge in [-0.1, -0.05) is 85.1 Å². The summed E-state index contributed by atoms with van der Waals surface area (Å²) in [6.07, 6.45) is 1.59. The molecule has 216 valence electrons. The minimum absolute atomic E-state index is 0.0232. The fourth-order valence-corrected chi connectivity index (χ4v) is 6.58. The Morgan fingerprint density at radius 3 is 2.34 bits per heavy atom. The van der Waals surface area contributed by atoms with Crippen molar-refractivity contribution in [2.24, 2.45) is 0 Å². The monoisotopic (exact) mass is 615 g/mol. The number of unbranched alkanes of at least 4 members (excludes halogenated alkanes) is 1. The molecule has 0 spiro atoms. The highest BCUT2D eigenvalue weighted by Gasteiger charge is 2.41. The van der Waals surface area contributed by atoms with Crippen molar-refractivity contribution in [2.75, 3.05) is 13.1 Å². The van der Waals surface area contributed by atoms with Crippen LogP contribution in [0.15, 0.2) is 77.7 Å². The summed E-state index contributed by atoms with van der Waals surface area (Å²) >= 11 is 12.3. The van der Waals surface area contributed by atoms with E-state index >= 15 is 0 Å². The number of carbonyl (C=O) groups is 3. The molecule has 0 radical (unpaired) electrons. The van der Waals surface area contributed by atoms with Crippen molar-refractivity contribution in [3.63, 3.8) is 0 Å². The van der Waals surface area contributed by atoms with E-state index in [1.165, 1.54) is 17.0 Å². The molecule has 41 heavy (non-hydrogen) atoms. The van der Waals surface area contributed by atoms with E-state index in [9.17, 15) is 22.8 Å². The molecule has 1 heterocycles. The molecule has 3 aromatic rings. The molecule has 8 nitrogen and oxygen atoms in total. The van der Waals surface area contributed by atoms with Crippen LogP contribution in [0.1, 0.15) is 47.7 Å². The topological polar surface area (TPSA) is 104 Å². The summed E-state index contributed by atoms with van der Waals surface area (Å²) in [6, 6.07) is 19.3. The SMILES string of the molecule is CCCCNC(=O)C(Cc1ccccc1)N(Cc1ccc(Cl)c(Cl)c1)C(=O)CCN1C(=O)c2ccccc2S1(=O)=O. The third kappa shape index (κ3) is 7.09. The molecule has 0 aliphatic carbocycles. The summed E-state index contributed by atoms with van der Waals surface area (Å²) in [6.45, 7) is 2.13. The van der Waals surface area contributed by atoms with Gasteiger partial charge in [-0.3, -0.25) is 14.4 Å². The summed E-state index contributed by atoms with van der Waals surface area (Å²) in [5.41, 5.74) is 1.57. The number of hydrogen-bond donors (Lipinski definition) is 1. The summed E-state index contributed by atoms with van der Waals surface area (Å²) in [5, 5.41) is 3.59. The highest BCUT2D eigenvalue weighted by Crippen LogP contribution is 2.30. The molecular formula is C30H31Cl2N3O5S. The van der Waals surface area contributed by atoms with Crippen molar-refractivity contribution in [1.82, 2.24) is 14.5 Å². The van der Waals surface area contributed by atoms with Crippen molar-refractivity contribution < 1.29 is 22.8 Å². The van der Waals surface area contributed by atoms with Gasteiger partial charge in [-0.2, -0.15) is 0 Å². The van der Waals surface area contributed by atoms with E-state index in [4.69, 9.17) is 23.2 Å². The van der Waals surface area contributed by atoms with Crippen LogP contribution < -0.4 is 5.32 Å². The van der Waals surface area contributed by atoms with Crippen LogP contribution in [0, 0.1) is 0 Å². The quantitative estimate of drug-likeness (QED) is 0.286. The summed E-state index contributed by atoms with van der Waals surface area (Å²) in [4.78, 5) is 41.7. The van der Waals surface area contributed by atoms with E-state index in [2.05, 4.69) is 5.32 Å². The molecule has 4 rings (SSSR count). The van der Waals surface area contributed by atoms with Gasteiger partial charge in [-0.05, 0) is 41.8 Å². The first-order valence-electron chi connectivity index (χ1n) is 13.3. The molecule has 1 N–H and O–H groups in total. The third-order valence-corrected chi connectivity index (χ3v) is 9.46. The van der Waals surface area contributed by atoms with Crippen molar-refractivity contribution in [1.29, 1.82) is 0 Å². The van der Waals surface area contributed by atoms with Gasteiger partial charge in [0.05, 0.1) is 15.6 Å². The second-order valence-electron chi connectivity index (χ2n) is 9.75.